The molecule has 1 unspecified atom stereocenters. The highest BCUT2D eigenvalue weighted by molar-refractivity contribution is 6.43. The van der Waals surface area contributed by atoms with E-state index in [1.54, 1.807) is 24.2 Å². The van der Waals surface area contributed by atoms with Gasteiger partial charge in [0.15, 0.2) is 0 Å². The van der Waals surface area contributed by atoms with Gasteiger partial charge in [0.05, 0.1) is 10.6 Å². The summed E-state index contributed by atoms with van der Waals surface area (Å²) in [6.07, 6.45) is -2.85. The van der Waals surface area contributed by atoms with Gasteiger partial charge in [-0.15, -0.1) is 0 Å². The van der Waals surface area contributed by atoms with Crippen molar-refractivity contribution in [1.29, 1.82) is 0 Å². The summed E-state index contributed by atoms with van der Waals surface area (Å²) in [5, 5.41) is 6.71. The van der Waals surface area contributed by atoms with Crippen LogP contribution in [0.5, 0.6) is 0 Å². The fourth-order valence-corrected chi connectivity index (χ4v) is 3.57. The van der Waals surface area contributed by atoms with E-state index in [1.807, 2.05) is 24.3 Å². The summed E-state index contributed by atoms with van der Waals surface area (Å²) in [5.74, 6) is 0.261. The molecule has 3 rings (SSSR count). The van der Waals surface area contributed by atoms with E-state index in [0.717, 1.165) is 30.3 Å². The fraction of sp³-hybridized carbons (Fsp3) is 0.261. The second-order valence-corrected chi connectivity index (χ2v) is 7.56. The minimum Gasteiger partial charge on any atom is -0.385 e. The average molecular weight is 449 g/mol. The van der Waals surface area contributed by atoms with Gasteiger partial charge in [0, 0.05) is 42.3 Å². The van der Waals surface area contributed by atoms with Gasteiger partial charge in [-0.25, -0.2) is 4.99 Å². The third-order valence-electron chi connectivity index (χ3n) is 4.81. The maximum atomic E-state index is 13.5. The maximum Gasteiger partial charge on any atom is 0.416 e. The zero-order valence-electron chi connectivity index (χ0n) is 17.3. The molecule has 0 bridgehead atoms. The van der Waals surface area contributed by atoms with Gasteiger partial charge >= 0.3 is 6.18 Å². The SMILES string of the molecule is C=C(NC1=NC(c2ccccc2C(F)(F)F)N(C)C=C1Cl)c1ccccc1NCCC. The number of alkyl halides is 3. The summed E-state index contributed by atoms with van der Waals surface area (Å²) in [4.78, 5) is 6.05. The third kappa shape index (κ3) is 5.22. The number of rotatable bonds is 6. The molecule has 0 saturated heterocycles. The third-order valence-corrected chi connectivity index (χ3v) is 5.09. The Bertz CT molecular complexity index is 1010. The van der Waals surface area contributed by atoms with Crippen LogP contribution in [0.1, 0.15) is 36.2 Å². The highest BCUT2D eigenvalue weighted by atomic mass is 35.5. The fourth-order valence-electron chi connectivity index (χ4n) is 3.32. The Morgan fingerprint density at radius 2 is 1.84 bits per heavy atom. The van der Waals surface area contributed by atoms with E-state index in [4.69, 9.17) is 11.6 Å². The first-order valence-corrected chi connectivity index (χ1v) is 10.2. The molecule has 2 aromatic rings. The monoisotopic (exact) mass is 448 g/mol. The molecule has 0 fully saturated rings. The Labute approximate surface area is 185 Å². The standard InChI is InChI=1S/C23H24ClF3N4/c1-4-13-28-20-12-8-6-9-16(20)15(2)29-21-19(24)14-31(3)22(30-21)17-10-5-7-11-18(17)23(25,26)27/h5-12,14,22,28H,2,4,13H2,1,3H3,(H,29,30). The molecule has 1 heterocycles. The molecule has 0 radical (unpaired) electrons. The first-order chi connectivity index (χ1) is 14.7. The molecule has 1 atom stereocenters. The molecule has 1 aliphatic rings. The van der Waals surface area contributed by atoms with Crippen LogP contribution in [0.4, 0.5) is 18.9 Å². The highest BCUT2D eigenvalue weighted by Crippen LogP contribution is 2.38. The van der Waals surface area contributed by atoms with E-state index in [2.05, 4.69) is 29.1 Å². The average Bonchev–Trinajstić information content (AvgIpc) is 2.73. The lowest BCUT2D eigenvalue weighted by Crippen LogP contribution is -2.32. The second kappa shape index (κ2) is 9.47. The Morgan fingerprint density at radius 1 is 1.16 bits per heavy atom. The number of amidine groups is 1. The van der Waals surface area contributed by atoms with Crippen molar-refractivity contribution in [2.45, 2.75) is 25.7 Å². The van der Waals surface area contributed by atoms with Gasteiger partial charge in [-0.2, -0.15) is 13.2 Å². The summed E-state index contributed by atoms with van der Waals surface area (Å²) < 4.78 is 40.6. The predicted molar refractivity (Wildman–Crippen MR) is 121 cm³/mol. The lowest BCUT2D eigenvalue weighted by Gasteiger charge is -2.31. The quantitative estimate of drug-likeness (QED) is 0.551. The van der Waals surface area contributed by atoms with Crippen LogP contribution in [-0.2, 0) is 6.18 Å². The van der Waals surface area contributed by atoms with Crippen molar-refractivity contribution in [2.75, 3.05) is 18.9 Å². The van der Waals surface area contributed by atoms with Crippen LogP contribution in [0, 0.1) is 0 Å². The number of nitrogens with zero attached hydrogens (tertiary/aromatic N) is 2. The van der Waals surface area contributed by atoms with Crippen LogP contribution in [-0.4, -0.2) is 24.3 Å². The lowest BCUT2D eigenvalue weighted by molar-refractivity contribution is -0.138. The Kier molecular flexibility index (Phi) is 6.95. The van der Waals surface area contributed by atoms with Crippen LogP contribution in [0.25, 0.3) is 5.70 Å². The Balaban J connectivity index is 1.92. The molecule has 1 aliphatic heterocycles. The summed E-state index contributed by atoms with van der Waals surface area (Å²) in [6, 6.07) is 13.1. The van der Waals surface area contributed by atoms with Gasteiger partial charge in [0.25, 0.3) is 0 Å². The molecule has 31 heavy (non-hydrogen) atoms. The predicted octanol–water partition coefficient (Wildman–Crippen LogP) is 6.21. The number of benzene rings is 2. The largest absolute Gasteiger partial charge is 0.416 e. The number of halogens is 4. The van der Waals surface area contributed by atoms with E-state index in [1.165, 1.54) is 12.1 Å². The van der Waals surface area contributed by atoms with Crippen LogP contribution >= 0.6 is 11.6 Å². The maximum absolute atomic E-state index is 13.5. The first kappa shape index (κ1) is 22.7. The van der Waals surface area contributed by atoms with Crippen molar-refractivity contribution in [3.05, 3.63) is 83.0 Å². The first-order valence-electron chi connectivity index (χ1n) is 9.85. The van der Waals surface area contributed by atoms with Crippen LogP contribution in [0.15, 0.2) is 71.3 Å². The molecule has 4 nitrogen and oxygen atoms in total. The van der Waals surface area contributed by atoms with Crippen molar-refractivity contribution >= 4 is 28.8 Å². The summed E-state index contributed by atoms with van der Waals surface area (Å²) in [6.45, 7) is 6.95. The zero-order chi connectivity index (χ0) is 22.6. The Hall–Kier alpha value is -2.93. The van der Waals surface area contributed by atoms with Crippen molar-refractivity contribution in [2.24, 2.45) is 4.99 Å². The van der Waals surface area contributed by atoms with E-state index >= 15 is 0 Å². The van der Waals surface area contributed by atoms with Crippen LogP contribution in [0.2, 0.25) is 0 Å². The van der Waals surface area contributed by atoms with E-state index < -0.39 is 17.9 Å². The van der Waals surface area contributed by atoms with E-state index in [-0.39, 0.29) is 16.4 Å². The summed E-state index contributed by atoms with van der Waals surface area (Å²) in [5.41, 5.74) is 1.59. The van der Waals surface area contributed by atoms with Crippen molar-refractivity contribution < 1.29 is 13.2 Å². The summed E-state index contributed by atoms with van der Waals surface area (Å²) in [7, 11) is 1.64. The van der Waals surface area contributed by atoms with Gasteiger partial charge < -0.3 is 15.5 Å². The smallest absolute Gasteiger partial charge is 0.385 e. The molecule has 0 spiro atoms. The molecule has 0 saturated carbocycles. The van der Waals surface area contributed by atoms with Crippen molar-refractivity contribution in [3.8, 4) is 0 Å². The molecule has 164 valence electrons. The molecular weight excluding hydrogens is 425 g/mol. The molecule has 8 heteroatoms. The minimum atomic E-state index is -4.49. The molecule has 0 amide bonds. The number of anilines is 1. The normalized spacial score (nSPS) is 16.5. The summed E-state index contributed by atoms with van der Waals surface area (Å²) >= 11 is 6.36. The molecule has 0 aliphatic carbocycles. The molecule has 2 aromatic carbocycles. The van der Waals surface area contributed by atoms with E-state index in [0.29, 0.717) is 5.70 Å². The van der Waals surface area contributed by atoms with Crippen molar-refractivity contribution in [3.63, 3.8) is 0 Å². The van der Waals surface area contributed by atoms with Gasteiger partial charge in [0.2, 0.25) is 0 Å². The number of hydrogen-bond donors (Lipinski definition) is 2. The molecular formula is C23H24ClF3N4. The number of nitrogens with one attached hydrogen (secondary N) is 2. The number of aliphatic imine (C=N–C) groups is 1. The number of para-hydroxylation sites is 1. The molecule has 0 aromatic heterocycles. The second-order valence-electron chi connectivity index (χ2n) is 7.15. The number of hydrogen-bond acceptors (Lipinski definition) is 4. The highest BCUT2D eigenvalue weighted by Gasteiger charge is 2.36. The van der Waals surface area contributed by atoms with Crippen molar-refractivity contribution in [1.82, 2.24) is 10.2 Å². The van der Waals surface area contributed by atoms with Crippen LogP contribution < -0.4 is 10.6 Å². The van der Waals surface area contributed by atoms with Gasteiger partial charge in [-0.05, 0) is 18.6 Å². The topological polar surface area (TPSA) is 39.7 Å². The zero-order valence-corrected chi connectivity index (χ0v) is 18.1. The molecule has 2 N–H and O–H groups in total. The van der Waals surface area contributed by atoms with Gasteiger partial charge in [-0.1, -0.05) is 61.5 Å². The van der Waals surface area contributed by atoms with Gasteiger partial charge in [0.1, 0.15) is 12.0 Å². The van der Waals surface area contributed by atoms with Crippen LogP contribution in [0.3, 0.4) is 0 Å². The van der Waals surface area contributed by atoms with Gasteiger partial charge in [-0.3, -0.25) is 0 Å². The minimum absolute atomic E-state index is 0.0489. The lowest BCUT2D eigenvalue weighted by atomic mass is 10.0. The Morgan fingerprint density at radius 3 is 2.55 bits per heavy atom. The van der Waals surface area contributed by atoms with E-state index in [9.17, 15) is 13.2 Å².